The van der Waals surface area contributed by atoms with Crippen LogP contribution in [0.1, 0.15) is 50.7 Å². The van der Waals surface area contributed by atoms with Crippen molar-refractivity contribution in [2.75, 3.05) is 0 Å². The van der Waals surface area contributed by atoms with Gasteiger partial charge >= 0.3 is 11.9 Å². The summed E-state index contributed by atoms with van der Waals surface area (Å²) in [5.74, 6) is 0.616. The Morgan fingerprint density at radius 3 is 1.34 bits per heavy atom. The van der Waals surface area contributed by atoms with Crippen LogP contribution in [0.15, 0.2) is 134 Å². The monoisotopic (exact) mass is 788 g/mol. The number of aromatic nitrogens is 2. The summed E-state index contributed by atoms with van der Waals surface area (Å²) in [4.78, 5) is 34.4. The first-order chi connectivity index (χ1) is 27.3. The Labute approximate surface area is 337 Å². The van der Waals surface area contributed by atoms with Gasteiger partial charge < -0.3 is 18.9 Å². The number of aryl methyl sites for hydroxylation is 2. The van der Waals surface area contributed by atoms with Crippen molar-refractivity contribution in [3.63, 3.8) is 0 Å². The highest BCUT2D eigenvalue weighted by molar-refractivity contribution is 6.31. The third-order valence-electron chi connectivity index (χ3n) is 9.29. The van der Waals surface area contributed by atoms with Crippen LogP contribution in [0.3, 0.4) is 0 Å². The Hall–Kier alpha value is -5.70. The lowest BCUT2D eigenvalue weighted by molar-refractivity contribution is -0.174. The van der Waals surface area contributed by atoms with E-state index in [1.54, 1.807) is 36.9 Å². The van der Waals surface area contributed by atoms with Gasteiger partial charge in [-0.3, -0.25) is 9.97 Å². The molecule has 0 spiro atoms. The molecular weight excluding hydrogens is 747 g/mol. The third kappa shape index (κ3) is 11.2. The van der Waals surface area contributed by atoms with E-state index in [1.807, 2.05) is 111 Å². The lowest BCUT2D eigenvalue weighted by Crippen LogP contribution is -2.29. The summed E-state index contributed by atoms with van der Waals surface area (Å²) >= 11 is 12.3. The molecule has 0 fully saturated rings. The molecule has 0 bridgehead atoms. The Kier molecular flexibility index (Phi) is 14.1. The molecule has 10 heteroatoms. The molecule has 0 saturated heterocycles. The van der Waals surface area contributed by atoms with Crippen molar-refractivity contribution < 1.29 is 28.5 Å². The van der Waals surface area contributed by atoms with Gasteiger partial charge in [-0.25, -0.2) is 9.59 Å². The van der Waals surface area contributed by atoms with Crippen molar-refractivity contribution in [1.82, 2.24) is 9.97 Å². The normalized spacial score (nSPS) is 12.0. The number of nitrogens with zero attached hydrogens (tertiary/aromatic N) is 2. The summed E-state index contributed by atoms with van der Waals surface area (Å²) in [6.07, 6.45) is 8.81. The molecule has 2 atom stereocenters. The van der Waals surface area contributed by atoms with E-state index in [-0.39, 0.29) is 0 Å². The first kappa shape index (κ1) is 40.0. The van der Waals surface area contributed by atoms with Crippen molar-refractivity contribution in [3.05, 3.63) is 155 Å². The second-order valence-corrected chi connectivity index (χ2v) is 14.1. The van der Waals surface area contributed by atoms with Gasteiger partial charge in [0.05, 0.1) is 0 Å². The van der Waals surface area contributed by atoms with Crippen LogP contribution in [0.4, 0.5) is 0 Å². The van der Waals surface area contributed by atoms with Crippen LogP contribution in [0, 0.1) is 0 Å². The molecule has 6 aromatic rings. The van der Waals surface area contributed by atoms with Gasteiger partial charge in [-0.15, -0.1) is 0 Å². The molecule has 4 aromatic carbocycles. The number of esters is 2. The lowest BCUT2D eigenvalue weighted by Gasteiger charge is -2.19. The quantitative estimate of drug-likeness (QED) is 0.0706. The summed E-state index contributed by atoms with van der Waals surface area (Å²) in [7, 11) is 0. The number of halogens is 2. The maximum absolute atomic E-state index is 12.9. The molecule has 2 aromatic heterocycles. The van der Waals surface area contributed by atoms with Gasteiger partial charge in [0.1, 0.15) is 35.2 Å². The summed E-state index contributed by atoms with van der Waals surface area (Å²) in [5.41, 5.74) is 5.77. The zero-order valence-corrected chi connectivity index (χ0v) is 32.7. The lowest BCUT2D eigenvalue weighted by atomic mass is 10.1. The maximum Gasteiger partial charge on any atom is 0.417 e. The fourth-order valence-corrected chi connectivity index (χ4v) is 6.53. The Morgan fingerprint density at radius 2 is 0.964 bits per heavy atom. The molecule has 56 heavy (non-hydrogen) atoms. The van der Waals surface area contributed by atoms with Crippen molar-refractivity contribution in [2.24, 2.45) is 0 Å². The van der Waals surface area contributed by atoms with Crippen molar-refractivity contribution in [3.8, 4) is 45.3 Å². The number of carbonyl (C=O) groups is 2. The van der Waals surface area contributed by atoms with Crippen molar-refractivity contribution in [2.45, 2.75) is 64.6 Å². The molecule has 0 radical (unpaired) electrons. The number of carbonyl (C=O) groups excluding carboxylic acids is 2. The van der Waals surface area contributed by atoms with Crippen LogP contribution in [-0.2, 0) is 31.9 Å². The number of benzene rings is 4. The highest BCUT2D eigenvalue weighted by Crippen LogP contribution is 2.31. The van der Waals surface area contributed by atoms with E-state index in [0.717, 1.165) is 33.4 Å². The van der Waals surface area contributed by atoms with Gasteiger partial charge in [0.25, 0.3) is 0 Å². The van der Waals surface area contributed by atoms with Crippen LogP contribution < -0.4 is 9.47 Å². The van der Waals surface area contributed by atoms with E-state index in [9.17, 15) is 9.59 Å². The van der Waals surface area contributed by atoms with Gasteiger partial charge in [-0.1, -0.05) is 85.6 Å². The molecule has 0 N–H and O–H groups in total. The van der Waals surface area contributed by atoms with E-state index in [2.05, 4.69) is 9.97 Å². The summed E-state index contributed by atoms with van der Waals surface area (Å²) < 4.78 is 23.7. The Bertz CT molecular complexity index is 2070. The highest BCUT2D eigenvalue weighted by atomic mass is 35.5. The number of rotatable bonds is 16. The second kappa shape index (κ2) is 19.8. The molecule has 0 saturated carbocycles. The average molecular weight is 790 g/mol. The van der Waals surface area contributed by atoms with E-state index in [1.165, 1.54) is 0 Å². The molecule has 6 rings (SSSR count). The first-order valence-electron chi connectivity index (χ1n) is 18.6. The summed E-state index contributed by atoms with van der Waals surface area (Å²) in [6, 6.07) is 34.5. The molecule has 8 nitrogen and oxygen atoms in total. The minimum atomic E-state index is -1.01. The van der Waals surface area contributed by atoms with Gasteiger partial charge in [0.15, 0.2) is 0 Å². The van der Waals surface area contributed by atoms with Gasteiger partial charge in [-0.05, 0) is 121 Å². The average Bonchev–Trinajstić information content (AvgIpc) is 3.22. The van der Waals surface area contributed by atoms with Gasteiger partial charge in [-0.2, -0.15) is 0 Å². The molecule has 0 aliphatic carbocycles. The van der Waals surface area contributed by atoms with Gasteiger partial charge in [0.2, 0.25) is 0 Å². The van der Waals surface area contributed by atoms with Crippen LogP contribution in [-0.4, -0.2) is 34.1 Å². The van der Waals surface area contributed by atoms with Crippen molar-refractivity contribution >= 4 is 35.1 Å². The van der Waals surface area contributed by atoms with Crippen molar-refractivity contribution in [1.29, 1.82) is 0 Å². The largest absolute Gasteiger partial charge is 0.457 e. The molecule has 0 aliphatic rings. The van der Waals surface area contributed by atoms with Crippen LogP contribution in [0.2, 0.25) is 10.0 Å². The fourth-order valence-electron chi connectivity index (χ4n) is 6.15. The molecule has 0 amide bonds. The van der Waals surface area contributed by atoms with E-state index < -0.39 is 24.1 Å². The minimum absolute atomic E-state index is 0.468. The first-order valence-corrected chi connectivity index (χ1v) is 19.4. The molecule has 2 unspecified atom stereocenters. The number of hydrogen-bond donors (Lipinski definition) is 0. The zero-order valence-electron chi connectivity index (χ0n) is 31.2. The smallest absolute Gasteiger partial charge is 0.417 e. The number of hydrogen-bond acceptors (Lipinski definition) is 8. The predicted octanol–water partition coefficient (Wildman–Crippen LogP) is 11.9. The van der Waals surface area contributed by atoms with Crippen LogP contribution in [0.25, 0.3) is 22.3 Å². The maximum atomic E-state index is 12.9. The fraction of sp³-hybridized carbons (Fsp3) is 0.217. The zero-order chi connectivity index (χ0) is 39.3. The topological polar surface area (TPSA) is 96.8 Å². The number of pyridine rings is 2. The van der Waals surface area contributed by atoms with Gasteiger partial charge in [0, 0.05) is 46.0 Å². The number of ether oxygens (including phenoxy) is 4. The van der Waals surface area contributed by atoms with E-state index >= 15 is 0 Å². The van der Waals surface area contributed by atoms with Crippen LogP contribution in [0.5, 0.6) is 23.0 Å². The molecular formula is C46H42Cl2N2O6. The molecule has 2 heterocycles. The minimum Gasteiger partial charge on any atom is -0.457 e. The van der Waals surface area contributed by atoms with E-state index in [4.69, 9.17) is 42.1 Å². The van der Waals surface area contributed by atoms with E-state index in [0.29, 0.717) is 71.6 Å². The Balaban J connectivity index is 0.986. The summed E-state index contributed by atoms with van der Waals surface area (Å²) in [5, 5.41) is 1.35. The third-order valence-corrected chi connectivity index (χ3v) is 9.76. The SMILES string of the molecule is CCC(CCc1cnccc1Oc1ccc(-c2cccc(Cl)c2)cc1)OC(=O)C(=O)OC(CC)CCc1cnccc1Oc1ccc(-c2cccc(Cl)c2)cc1. The molecule has 0 aliphatic heterocycles. The second-order valence-electron chi connectivity index (χ2n) is 13.2. The predicted molar refractivity (Wildman–Crippen MR) is 219 cm³/mol. The highest BCUT2D eigenvalue weighted by Gasteiger charge is 2.25. The Morgan fingerprint density at radius 1 is 0.554 bits per heavy atom. The standard InChI is InChI=1S/C46H42Cl2N2O6/c1-3-39(17-15-35-29-49-25-23-43(35)53-41-19-11-31(12-20-41)33-7-5-9-37(47)27-33)55-45(51)46(52)56-40(4-2)18-16-36-30-50-26-24-44(36)54-42-21-13-32(14-22-42)34-8-6-10-38(48)28-34/h5-14,19-30,39-40H,3-4,15-18H2,1-2H3. The summed E-state index contributed by atoms with van der Waals surface area (Å²) in [6.45, 7) is 3.81. The van der Waals surface area contributed by atoms with Crippen LogP contribution >= 0.6 is 23.2 Å². The molecule has 286 valence electrons.